The van der Waals surface area contributed by atoms with Crippen LogP contribution in [-0.4, -0.2) is 19.8 Å². The molecule has 0 fully saturated rings. The molecular weight excluding hydrogens is 260 g/mol. The Morgan fingerprint density at radius 3 is 1.50 bits per heavy atom. The smallest absolute Gasteiger partial charge is 0.508 e. The highest BCUT2D eigenvalue weighted by molar-refractivity contribution is 7.32. The van der Waals surface area contributed by atoms with E-state index in [0.717, 1.165) is 0 Å². The van der Waals surface area contributed by atoms with E-state index >= 15 is 0 Å². The minimum absolute atomic E-state index is 0.322. The number of hydrogen-bond donors (Lipinski definition) is 5. The van der Waals surface area contributed by atoms with E-state index in [1.807, 2.05) is 6.07 Å². The number of para-hydroxylation sites is 1. The number of phenols is 1. The first-order chi connectivity index (χ1) is 7.40. The zero-order valence-corrected chi connectivity index (χ0v) is 9.66. The van der Waals surface area contributed by atoms with E-state index in [2.05, 4.69) is 10.5 Å². The maximum absolute atomic E-state index is 9.17. The van der Waals surface area contributed by atoms with Gasteiger partial charge in [0.15, 0.2) is 0 Å². The predicted molar refractivity (Wildman–Crippen MR) is 55.2 cm³/mol. The molecule has 0 aliphatic heterocycles. The number of nitrogens with two attached hydrogens (primary N) is 1. The Balaban J connectivity index is 0. The third-order valence-corrected chi connectivity index (χ3v) is 1.03. The van der Waals surface area contributed by atoms with Gasteiger partial charge in [-0.2, -0.15) is 5.90 Å². The first-order valence-corrected chi connectivity index (χ1v) is 5.81. The zero-order valence-electron chi connectivity index (χ0n) is 7.87. The van der Waals surface area contributed by atoms with Crippen molar-refractivity contribution in [1.29, 1.82) is 0 Å². The topological polar surface area (TPSA) is 150 Å². The molecule has 0 bridgehead atoms. The standard InChI is InChI=1S/C6H6O.H2NO3P.HO3P/c7-6-4-2-1-3-5-6;1-4-5(2)3;1-4(2)3/h1-5,7H;1H2;(H-,1,2,3)/p+2. The van der Waals surface area contributed by atoms with Crippen LogP contribution < -0.4 is 5.90 Å². The van der Waals surface area contributed by atoms with E-state index < -0.39 is 16.5 Å². The lowest BCUT2D eigenvalue weighted by Crippen LogP contribution is -1.84. The van der Waals surface area contributed by atoms with Crippen molar-refractivity contribution in [2.45, 2.75) is 0 Å². The maximum atomic E-state index is 9.17. The molecule has 90 valence electrons. The first-order valence-electron chi connectivity index (χ1n) is 3.52. The summed E-state index contributed by atoms with van der Waals surface area (Å²) in [7, 11) is -5.44. The van der Waals surface area contributed by atoms with Gasteiger partial charge in [-0.25, -0.2) is 0 Å². The third-order valence-electron chi connectivity index (χ3n) is 0.846. The molecule has 16 heavy (non-hydrogen) atoms. The molecule has 1 aromatic carbocycles. The monoisotopic (exact) mass is 271 g/mol. The van der Waals surface area contributed by atoms with Crippen LogP contribution in [-0.2, 0) is 13.8 Å². The minimum atomic E-state index is -2.87. The van der Waals surface area contributed by atoms with E-state index in [-0.39, 0.29) is 0 Å². The average Bonchev–Trinajstić information content (AvgIpc) is 2.19. The van der Waals surface area contributed by atoms with E-state index in [1.54, 1.807) is 24.3 Å². The predicted octanol–water partition coefficient (Wildman–Crippen LogP) is 0.547. The number of aromatic hydroxyl groups is 1. The molecule has 0 radical (unpaired) electrons. The summed E-state index contributed by atoms with van der Waals surface area (Å²) in [5.41, 5.74) is 0. The molecule has 1 unspecified atom stereocenters. The molecule has 1 atom stereocenters. The van der Waals surface area contributed by atoms with Gasteiger partial charge < -0.3 is 5.11 Å². The van der Waals surface area contributed by atoms with E-state index in [9.17, 15) is 0 Å². The van der Waals surface area contributed by atoms with Crippen LogP contribution in [0.2, 0.25) is 0 Å². The Labute approximate surface area is 92.8 Å². The summed E-state index contributed by atoms with van der Waals surface area (Å²) in [6.07, 6.45) is 0. The minimum Gasteiger partial charge on any atom is -0.508 e. The van der Waals surface area contributed by atoms with Gasteiger partial charge in [0.25, 0.3) is 0 Å². The third kappa shape index (κ3) is 23.1. The molecule has 0 aromatic heterocycles. The van der Waals surface area contributed by atoms with Crippen molar-refractivity contribution in [3.63, 3.8) is 0 Å². The summed E-state index contributed by atoms with van der Waals surface area (Å²) in [4.78, 5) is 21.8. The lowest BCUT2D eigenvalue weighted by molar-refractivity contribution is 0.292. The molecule has 1 rings (SSSR count). The Bertz CT molecular complexity index is 303. The highest BCUT2D eigenvalue weighted by Gasteiger charge is 2.04. The number of phenolic OH excluding ortho intramolecular Hbond substituents is 1. The van der Waals surface area contributed by atoms with Gasteiger partial charge in [0.2, 0.25) is 0 Å². The summed E-state index contributed by atoms with van der Waals surface area (Å²) in [5.74, 6) is 4.46. The van der Waals surface area contributed by atoms with Gasteiger partial charge in [0, 0.05) is 9.13 Å². The van der Waals surface area contributed by atoms with E-state index in [0.29, 0.717) is 5.75 Å². The quantitative estimate of drug-likeness (QED) is 0.367. The van der Waals surface area contributed by atoms with Crippen molar-refractivity contribution < 1.29 is 33.5 Å². The summed E-state index contributed by atoms with van der Waals surface area (Å²) < 4.78 is 21.2. The largest absolute Gasteiger partial charge is 0.713 e. The molecule has 0 aliphatic carbocycles. The fraction of sp³-hybridized carbons (Fsp3) is 0. The van der Waals surface area contributed by atoms with Gasteiger partial charge >= 0.3 is 16.5 Å². The van der Waals surface area contributed by atoms with Crippen LogP contribution in [0.5, 0.6) is 5.75 Å². The van der Waals surface area contributed by atoms with Gasteiger partial charge in [-0.15, -0.1) is 14.7 Å². The van der Waals surface area contributed by atoms with Crippen LogP contribution in [0.4, 0.5) is 0 Å². The highest BCUT2D eigenvalue weighted by atomic mass is 31.1. The van der Waals surface area contributed by atoms with Crippen molar-refractivity contribution in [3.05, 3.63) is 30.3 Å². The summed E-state index contributed by atoms with van der Waals surface area (Å²) in [6, 6.07) is 8.71. The van der Waals surface area contributed by atoms with E-state index in [1.165, 1.54) is 0 Å². The average molecular weight is 271 g/mol. The van der Waals surface area contributed by atoms with Crippen LogP contribution in [0.15, 0.2) is 30.3 Å². The zero-order chi connectivity index (χ0) is 13.0. The Morgan fingerprint density at radius 2 is 1.38 bits per heavy atom. The van der Waals surface area contributed by atoms with Gasteiger partial charge in [-0.05, 0) is 16.8 Å². The molecule has 0 amide bonds. The molecular formula is C6H11NO7P2+2. The fourth-order valence-corrected chi connectivity index (χ4v) is 0.428. The van der Waals surface area contributed by atoms with Crippen molar-refractivity contribution in [3.8, 4) is 5.75 Å². The molecule has 0 saturated heterocycles. The van der Waals surface area contributed by atoms with Crippen molar-refractivity contribution >= 4 is 16.5 Å². The molecule has 0 saturated carbocycles. The lowest BCUT2D eigenvalue weighted by Gasteiger charge is -1.82. The normalized spacial score (nSPS) is 8.88. The first kappa shape index (κ1) is 17.4. The second-order valence-corrected chi connectivity index (χ2v) is 3.12. The van der Waals surface area contributed by atoms with Crippen LogP contribution in [0.25, 0.3) is 0 Å². The van der Waals surface area contributed by atoms with Gasteiger partial charge in [-0.1, -0.05) is 18.2 Å². The highest BCUT2D eigenvalue weighted by Crippen LogP contribution is 2.07. The molecule has 8 nitrogen and oxygen atoms in total. The molecule has 6 N–H and O–H groups in total. The van der Waals surface area contributed by atoms with Crippen LogP contribution in [0.3, 0.4) is 0 Å². The number of hydrogen-bond acceptors (Lipinski definition) is 5. The van der Waals surface area contributed by atoms with Crippen LogP contribution in [0.1, 0.15) is 0 Å². The van der Waals surface area contributed by atoms with Gasteiger partial charge in [-0.3, -0.25) is 0 Å². The second-order valence-electron chi connectivity index (χ2n) is 1.93. The van der Waals surface area contributed by atoms with Gasteiger partial charge in [0.05, 0.1) is 0 Å². The van der Waals surface area contributed by atoms with Crippen molar-refractivity contribution in [2.24, 2.45) is 5.90 Å². The summed E-state index contributed by atoms with van der Waals surface area (Å²) in [6.45, 7) is 0. The van der Waals surface area contributed by atoms with Crippen LogP contribution >= 0.6 is 16.5 Å². The molecule has 0 spiro atoms. The number of benzene rings is 1. The lowest BCUT2D eigenvalue weighted by atomic mass is 10.3. The van der Waals surface area contributed by atoms with Gasteiger partial charge in [0.1, 0.15) is 5.75 Å². The maximum Gasteiger partial charge on any atom is 0.713 e. The molecule has 10 heteroatoms. The van der Waals surface area contributed by atoms with Crippen LogP contribution in [0, 0.1) is 0 Å². The number of rotatable bonds is 1. The Kier molecular flexibility index (Phi) is 13.2. The van der Waals surface area contributed by atoms with E-state index in [4.69, 9.17) is 28.9 Å². The fourth-order valence-electron chi connectivity index (χ4n) is 0.428. The molecule has 0 aliphatic rings. The Morgan fingerprint density at radius 1 is 1.06 bits per heavy atom. The SMILES string of the molecule is NO[P+](=O)O.O=[P+](O)O.Oc1ccccc1. The Hall–Kier alpha value is -0.980. The van der Waals surface area contributed by atoms with Crippen molar-refractivity contribution in [1.82, 2.24) is 0 Å². The molecule has 1 aromatic rings. The molecule has 0 heterocycles. The summed E-state index contributed by atoms with van der Waals surface area (Å²) in [5, 5.41) is 8.63. The summed E-state index contributed by atoms with van der Waals surface area (Å²) >= 11 is 0. The second kappa shape index (κ2) is 12.1. The van der Waals surface area contributed by atoms with Crippen molar-refractivity contribution in [2.75, 3.05) is 0 Å².